The highest BCUT2D eigenvalue weighted by Crippen LogP contribution is 2.10. The summed E-state index contributed by atoms with van der Waals surface area (Å²) >= 11 is 0. The zero-order chi connectivity index (χ0) is 14.0. The molecule has 19 heavy (non-hydrogen) atoms. The van der Waals surface area contributed by atoms with Crippen LogP contribution in [0, 0.1) is 0 Å². The van der Waals surface area contributed by atoms with E-state index in [2.05, 4.69) is 26.0 Å². The highest BCUT2D eigenvalue weighted by molar-refractivity contribution is 4.81. The second kappa shape index (κ2) is 17.7. The maximum atomic E-state index is 2.41. The van der Waals surface area contributed by atoms with E-state index in [1.807, 2.05) is 0 Å². The third-order valence-corrected chi connectivity index (χ3v) is 3.87. The Hall–Kier alpha value is -0.260. The van der Waals surface area contributed by atoms with E-state index in [-0.39, 0.29) is 0 Å². The quantitative estimate of drug-likeness (QED) is 0.213. The van der Waals surface area contributed by atoms with Crippen LogP contribution in [0.5, 0.6) is 0 Å². The fraction of sp³-hybridized carbons (Fsp3) is 0.895. The van der Waals surface area contributed by atoms with Gasteiger partial charge in [0.2, 0.25) is 0 Å². The van der Waals surface area contributed by atoms with Gasteiger partial charge in [0.1, 0.15) is 0 Å². The topological polar surface area (TPSA) is 0 Å². The van der Waals surface area contributed by atoms with Crippen LogP contribution in [0.1, 0.15) is 110 Å². The van der Waals surface area contributed by atoms with Crippen LogP contribution >= 0.6 is 0 Å². The summed E-state index contributed by atoms with van der Waals surface area (Å²) in [7, 11) is 0. The first kappa shape index (κ1) is 18.7. The molecule has 0 aliphatic heterocycles. The largest absolute Gasteiger partial charge is 0.0885 e. The molecule has 0 aliphatic rings. The molecule has 0 bridgehead atoms. The molecule has 0 aromatic carbocycles. The van der Waals surface area contributed by atoms with Crippen molar-refractivity contribution in [3.8, 4) is 0 Å². The van der Waals surface area contributed by atoms with Gasteiger partial charge >= 0.3 is 0 Å². The van der Waals surface area contributed by atoms with Crippen molar-refractivity contribution in [3.05, 3.63) is 12.2 Å². The maximum Gasteiger partial charge on any atom is -0.0351 e. The highest BCUT2D eigenvalue weighted by Gasteiger charge is 1.90. The molecule has 0 aromatic rings. The Labute approximate surface area is 123 Å². The Morgan fingerprint density at radius 2 is 0.737 bits per heavy atom. The summed E-state index contributed by atoms with van der Waals surface area (Å²) in [5.41, 5.74) is 0. The molecule has 0 amide bonds. The maximum absolute atomic E-state index is 2.41. The number of allylic oxidation sites excluding steroid dienone is 2. The van der Waals surface area contributed by atoms with Gasteiger partial charge in [-0.3, -0.25) is 0 Å². The number of hydrogen-bond acceptors (Lipinski definition) is 0. The second-order valence-electron chi connectivity index (χ2n) is 5.94. The minimum Gasteiger partial charge on any atom is -0.0885 e. The first-order valence-corrected chi connectivity index (χ1v) is 9.06. The van der Waals surface area contributed by atoms with E-state index in [0.29, 0.717) is 0 Å². The van der Waals surface area contributed by atoms with Crippen LogP contribution in [0.25, 0.3) is 0 Å². The number of rotatable bonds is 15. The van der Waals surface area contributed by atoms with Crippen LogP contribution in [0.2, 0.25) is 0 Å². The Morgan fingerprint density at radius 1 is 0.421 bits per heavy atom. The van der Waals surface area contributed by atoms with E-state index < -0.39 is 0 Å². The van der Waals surface area contributed by atoms with E-state index in [1.165, 1.54) is 96.3 Å². The van der Waals surface area contributed by atoms with Crippen molar-refractivity contribution in [2.24, 2.45) is 0 Å². The molecule has 0 aromatic heterocycles. The van der Waals surface area contributed by atoms with Crippen molar-refractivity contribution in [2.75, 3.05) is 0 Å². The summed E-state index contributed by atoms with van der Waals surface area (Å²) in [6, 6.07) is 0. The SMILES string of the molecule is CCCCCCCC/C=C\CCCCCCCCC. The van der Waals surface area contributed by atoms with E-state index in [4.69, 9.17) is 0 Å². The molecular formula is C19H38. The van der Waals surface area contributed by atoms with Crippen molar-refractivity contribution in [2.45, 2.75) is 110 Å². The highest BCUT2D eigenvalue weighted by atomic mass is 14.0. The van der Waals surface area contributed by atoms with Gasteiger partial charge in [0.05, 0.1) is 0 Å². The summed E-state index contributed by atoms with van der Waals surface area (Å²) in [6.07, 6.45) is 25.9. The molecule has 0 nitrogen and oxygen atoms in total. The van der Waals surface area contributed by atoms with Gasteiger partial charge in [-0.1, -0.05) is 96.6 Å². The molecule has 0 atom stereocenters. The zero-order valence-electron chi connectivity index (χ0n) is 13.8. The van der Waals surface area contributed by atoms with Crippen LogP contribution < -0.4 is 0 Å². The van der Waals surface area contributed by atoms with Crippen molar-refractivity contribution >= 4 is 0 Å². The molecule has 0 radical (unpaired) electrons. The minimum atomic E-state index is 1.31. The zero-order valence-corrected chi connectivity index (χ0v) is 13.8. The van der Waals surface area contributed by atoms with Gasteiger partial charge in [-0.05, 0) is 25.7 Å². The minimum absolute atomic E-state index is 1.31. The van der Waals surface area contributed by atoms with Gasteiger partial charge in [-0.15, -0.1) is 0 Å². The lowest BCUT2D eigenvalue weighted by Gasteiger charge is -1.99. The van der Waals surface area contributed by atoms with Gasteiger partial charge in [-0.2, -0.15) is 0 Å². The lowest BCUT2D eigenvalue weighted by molar-refractivity contribution is 0.591. The average Bonchev–Trinajstić information content (AvgIpc) is 2.43. The predicted octanol–water partition coefficient (Wildman–Crippen LogP) is 7.43. The molecule has 0 saturated heterocycles. The van der Waals surface area contributed by atoms with Gasteiger partial charge in [0.25, 0.3) is 0 Å². The van der Waals surface area contributed by atoms with E-state index in [1.54, 1.807) is 0 Å². The van der Waals surface area contributed by atoms with Crippen LogP contribution in [-0.2, 0) is 0 Å². The summed E-state index contributed by atoms with van der Waals surface area (Å²) in [4.78, 5) is 0. The number of hydrogen-bond donors (Lipinski definition) is 0. The molecule has 0 spiro atoms. The van der Waals surface area contributed by atoms with Crippen molar-refractivity contribution < 1.29 is 0 Å². The average molecular weight is 267 g/mol. The van der Waals surface area contributed by atoms with Crippen molar-refractivity contribution in [1.29, 1.82) is 0 Å². The number of unbranched alkanes of at least 4 members (excludes halogenated alkanes) is 13. The molecule has 0 N–H and O–H groups in total. The first-order chi connectivity index (χ1) is 9.41. The smallest absolute Gasteiger partial charge is 0.0351 e. The van der Waals surface area contributed by atoms with E-state index in [9.17, 15) is 0 Å². The summed E-state index contributed by atoms with van der Waals surface area (Å²) < 4.78 is 0. The summed E-state index contributed by atoms with van der Waals surface area (Å²) in [5.74, 6) is 0. The molecule has 114 valence electrons. The Balaban J connectivity index is 3.01. The predicted molar refractivity (Wildman–Crippen MR) is 89.7 cm³/mol. The van der Waals surface area contributed by atoms with Gasteiger partial charge in [0, 0.05) is 0 Å². The summed E-state index contributed by atoms with van der Waals surface area (Å²) in [5, 5.41) is 0. The normalized spacial score (nSPS) is 11.5. The molecular weight excluding hydrogens is 228 g/mol. The molecule has 0 heterocycles. The van der Waals surface area contributed by atoms with Gasteiger partial charge in [-0.25, -0.2) is 0 Å². The lowest BCUT2D eigenvalue weighted by atomic mass is 10.1. The van der Waals surface area contributed by atoms with Crippen LogP contribution in [0.15, 0.2) is 12.2 Å². The third-order valence-electron chi connectivity index (χ3n) is 3.87. The molecule has 0 heteroatoms. The van der Waals surface area contributed by atoms with Crippen LogP contribution in [0.4, 0.5) is 0 Å². The molecule has 0 fully saturated rings. The van der Waals surface area contributed by atoms with Crippen molar-refractivity contribution in [3.63, 3.8) is 0 Å². The lowest BCUT2D eigenvalue weighted by Crippen LogP contribution is -1.79. The van der Waals surface area contributed by atoms with Gasteiger partial charge in [0.15, 0.2) is 0 Å². The fourth-order valence-corrected chi connectivity index (χ4v) is 2.50. The second-order valence-corrected chi connectivity index (χ2v) is 5.94. The molecule has 0 rings (SSSR count). The molecule has 0 unspecified atom stereocenters. The fourth-order valence-electron chi connectivity index (χ4n) is 2.50. The third kappa shape index (κ3) is 17.7. The monoisotopic (exact) mass is 266 g/mol. The first-order valence-electron chi connectivity index (χ1n) is 9.06. The Kier molecular flexibility index (Phi) is 17.5. The van der Waals surface area contributed by atoms with Gasteiger partial charge < -0.3 is 0 Å². The Bertz CT molecular complexity index is 169. The standard InChI is InChI=1S/C19H38/c1-3-5-7-9-11-13-15-17-19-18-16-14-12-10-8-6-4-2/h17,19H,3-16,18H2,1-2H3/b19-17-. The Morgan fingerprint density at radius 3 is 1.11 bits per heavy atom. The van der Waals surface area contributed by atoms with E-state index in [0.717, 1.165) is 0 Å². The van der Waals surface area contributed by atoms with Crippen molar-refractivity contribution in [1.82, 2.24) is 0 Å². The van der Waals surface area contributed by atoms with E-state index >= 15 is 0 Å². The molecule has 0 saturated carbocycles. The molecule has 0 aliphatic carbocycles. The van der Waals surface area contributed by atoms with Crippen LogP contribution in [-0.4, -0.2) is 0 Å². The summed E-state index contributed by atoms with van der Waals surface area (Å²) in [6.45, 7) is 4.57. The van der Waals surface area contributed by atoms with Crippen LogP contribution in [0.3, 0.4) is 0 Å².